The van der Waals surface area contributed by atoms with Crippen LogP contribution >= 0.6 is 0 Å². The number of rotatable bonds is 6. The second-order valence-electron chi connectivity index (χ2n) is 11.5. The maximum atomic E-state index is 17.5. The fraction of sp³-hybridized carbons (Fsp3) is 0.108. The molecule has 5 aromatic rings. The molecule has 0 radical (unpaired) electrons. The number of ether oxygens (including phenoxy) is 3. The molecule has 11 heteroatoms. The Bertz CT molecular complexity index is 2330. The van der Waals surface area contributed by atoms with Crippen LogP contribution < -0.4 is 24.9 Å². The minimum Gasteiger partial charge on any atom is -0.497 e. The molecule has 238 valence electrons. The normalized spacial score (nSPS) is 15.0. The van der Waals surface area contributed by atoms with Gasteiger partial charge in [-0.2, -0.15) is 13.2 Å². The second-order valence-corrected chi connectivity index (χ2v) is 11.5. The topological polar surface area (TPSA) is 49.9 Å². The molecule has 3 aliphatic heterocycles. The van der Waals surface area contributed by atoms with Crippen LogP contribution in [0.25, 0.3) is 16.7 Å². The van der Waals surface area contributed by atoms with Crippen molar-refractivity contribution in [1.29, 1.82) is 0 Å². The highest BCUT2D eigenvalue weighted by atomic mass is 19.4. The zero-order valence-electron chi connectivity index (χ0n) is 26.0. The molecule has 48 heavy (non-hydrogen) atoms. The second kappa shape index (κ2) is 10.9. The van der Waals surface area contributed by atoms with E-state index in [0.29, 0.717) is 50.3 Å². The predicted octanol–water partition coefficient (Wildman–Crippen LogP) is 6.14. The van der Waals surface area contributed by atoms with Gasteiger partial charge in [0.25, 0.3) is 0 Å². The number of hydrogen-bond donors (Lipinski definition) is 0. The lowest BCUT2D eigenvalue weighted by Crippen LogP contribution is -2.49. The number of benzene rings is 3. The van der Waals surface area contributed by atoms with Crippen molar-refractivity contribution in [2.75, 3.05) is 21.3 Å². The minimum atomic E-state index is -4.76. The number of aromatic nitrogens is 2. The minimum absolute atomic E-state index is 0.0680. The molecule has 0 amide bonds. The summed E-state index contributed by atoms with van der Waals surface area (Å²) in [6, 6.07) is 28.0. The quantitative estimate of drug-likeness (QED) is 0.164. The van der Waals surface area contributed by atoms with Crippen LogP contribution in [0, 0.1) is 0 Å². The largest absolute Gasteiger partial charge is 0.597 e. The molecule has 3 aliphatic rings. The summed E-state index contributed by atoms with van der Waals surface area (Å²) in [6.07, 6.45) is -3.70. The summed E-state index contributed by atoms with van der Waals surface area (Å²) in [5.74, 6) is 1.75. The third-order valence-corrected chi connectivity index (χ3v) is 8.99. The summed E-state index contributed by atoms with van der Waals surface area (Å²) in [5, 5.41) is 0.949. The van der Waals surface area contributed by atoms with E-state index in [0.717, 1.165) is 17.2 Å². The Balaban J connectivity index is 1.56. The van der Waals surface area contributed by atoms with E-state index in [4.69, 9.17) is 19.2 Å². The predicted molar refractivity (Wildman–Crippen MR) is 176 cm³/mol. The Morgan fingerprint density at radius 2 is 1.00 bits per heavy atom. The fourth-order valence-corrected chi connectivity index (χ4v) is 6.77. The van der Waals surface area contributed by atoms with Crippen LogP contribution in [0.15, 0.2) is 119 Å². The fourth-order valence-electron chi connectivity index (χ4n) is 6.77. The van der Waals surface area contributed by atoms with Crippen molar-refractivity contribution in [3.8, 4) is 17.2 Å². The Morgan fingerprint density at radius 3 is 1.48 bits per heavy atom. The molecule has 0 saturated carbocycles. The number of allylic oxidation sites excluding steroid dienone is 2. The van der Waals surface area contributed by atoms with Crippen molar-refractivity contribution >= 4 is 29.7 Å². The molecule has 0 aliphatic carbocycles. The lowest BCUT2D eigenvalue weighted by Gasteiger charge is -2.26. The van der Waals surface area contributed by atoms with Crippen molar-refractivity contribution in [3.05, 3.63) is 153 Å². The van der Waals surface area contributed by atoms with Gasteiger partial charge in [0.1, 0.15) is 17.2 Å². The lowest BCUT2D eigenvalue weighted by molar-refractivity contribution is -0.0889. The van der Waals surface area contributed by atoms with E-state index in [9.17, 15) is 0 Å². The monoisotopic (exact) mass is 647 g/mol. The SMILES string of the molecule is COc1ccc(C2=C3N=C(C=C3C(F)(F)F)C(c3ccc(OC)cc3)=c3ccc4n3B(F)n3c2ccc3C=4c2ccc(OC)cc2)cc1. The van der Waals surface area contributed by atoms with Gasteiger partial charge in [0.05, 0.1) is 38.3 Å². The summed E-state index contributed by atoms with van der Waals surface area (Å²) >= 11 is 0. The lowest BCUT2D eigenvalue weighted by atomic mass is 9.90. The Hall–Kier alpha value is -5.71. The van der Waals surface area contributed by atoms with Gasteiger partial charge in [-0.25, -0.2) is 4.99 Å². The Morgan fingerprint density at radius 1 is 0.562 bits per heavy atom. The molecular formula is C37H26BF4N3O3. The van der Waals surface area contributed by atoms with E-state index < -0.39 is 19.0 Å². The summed E-state index contributed by atoms with van der Waals surface area (Å²) in [6.45, 7) is 0. The van der Waals surface area contributed by atoms with Crippen LogP contribution in [0.4, 0.5) is 17.5 Å². The first-order chi connectivity index (χ1) is 23.2. The van der Waals surface area contributed by atoms with Crippen LogP contribution in [-0.2, 0) is 0 Å². The van der Waals surface area contributed by atoms with Crippen molar-refractivity contribution < 1.29 is 31.7 Å². The first kappa shape index (κ1) is 29.7. The van der Waals surface area contributed by atoms with Gasteiger partial charge in [0.2, 0.25) is 0 Å². The standard InChI is InChI=1S/C37H26BF4N3O3/c1-46-24-10-4-21(5-11-24)33-28-20-27(37(39,40)41)36(43-28)35(23-8-14-26(48-3)15-9-23)32-19-18-31-34(22-6-12-25(47-2)13-7-22)30-17-16-29(33)44(30)38(42)45(31)32/h4-20H,1-3H3. The molecule has 0 N–H and O–H groups in total. The van der Waals surface area contributed by atoms with Crippen molar-refractivity contribution in [1.82, 2.24) is 8.96 Å². The summed E-state index contributed by atoms with van der Waals surface area (Å²) in [5.41, 5.74) is 2.60. The maximum absolute atomic E-state index is 17.5. The number of hydrogen-bond acceptors (Lipinski definition) is 4. The number of fused-ring (bicyclic) bond motifs is 1. The van der Waals surface area contributed by atoms with Gasteiger partial charge < -0.3 is 23.2 Å². The van der Waals surface area contributed by atoms with Crippen LogP contribution in [-0.4, -0.2) is 49.4 Å². The molecule has 5 heterocycles. The number of halogens is 4. The average molecular weight is 647 g/mol. The van der Waals surface area contributed by atoms with E-state index in [1.54, 1.807) is 73.8 Å². The van der Waals surface area contributed by atoms with E-state index in [-0.39, 0.29) is 22.7 Å². The Labute approximate surface area is 273 Å². The molecule has 0 atom stereocenters. The number of aliphatic imine (C=N–C) groups is 1. The highest BCUT2D eigenvalue weighted by Crippen LogP contribution is 2.44. The van der Waals surface area contributed by atoms with Crippen LogP contribution in [0.2, 0.25) is 0 Å². The molecule has 3 aromatic carbocycles. The van der Waals surface area contributed by atoms with Gasteiger partial charge in [-0.3, -0.25) is 4.32 Å². The molecule has 0 fully saturated rings. The maximum Gasteiger partial charge on any atom is 0.597 e. The third kappa shape index (κ3) is 4.45. The highest BCUT2D eigenvalue weighted by Gasteiger charge is 2.44. The van der Waals surface area contributed by atoms with Crippen LogP contribution in [0.1, 0.15) is 28.1 Å². The van der Waals surface area contributed by atoms with Crippen molar-refractivity contribution in [3.63, 3.8) is 0 Å². The molecular weight excluding hydrogens is 621 g/mol. The first-order valence-electron chi connectivity index (χ1n) is 15.1. The van der Waals surface area contributed by atoms with Crippen molar-refractivity contribution in [2.45, 2.75) is 6.18 Å². The molecule has 0 unspecified atom stereocenters. The number of methoxy groups -OCH3 is 3. The summed E-state index contributed by atoms with van der Waals surface area (Å²) in [7, 11) is 2.81. The van der Waals surface area contributed by atoms with E-state index in [2.05, 4.69) is 0 Å². The van der Waals surface area contributed by atoms with E-state index in [1.165, 1.54) is 23.2 Å². The van der Waals surface area contributed by atoms with Gasteiger partial charge in [-0.15, -0.1) is 0 Å². The van der Waals surface area contributed by atoms with Gasteiger partial charge >= 0.3 is 13.4 Å². The van der Waals surface area contributed by atoms with Crippen LogP contribution in [0.5, 0.6) is 17.2 Å². The Kier molecular flexibility index (Phi) is 6.76. The molecule has 4 bridgehead atoms. The van der Waals surface area contributed by atoms with Crippen LogP contribution in [0.3, 0.4) is 0 Å². The average Bonchev–Trinajstić information content (AvgIpc) is 3.85. The zero-order chi connectivity index (χ0) is 33.3. The number of alkyl halides is 3. The summed E-state index contributed by atoms with van der Waals surface area (Å²) in [4.78, 5) is 4.74. The molecule has 8 rings (SSSR count). The molecule has 2 aromatic heterocycles. The molecule has 0 spiro atoms. The van der Waals surface area contributed by atoms with Gasteiger partial charge in [0.15, 0.2) is 0 Å². The van der Waals surface area contributed by atoms with Gasteiger partial charge in [-0.05, 0) is 83.4 Å². The first-order valence-corrected chi connectivity index (χ1v) is 15.1. The summed E-state index contributed by atoms with van der Waals surface area (Å²) < 4.78 is 81.6. The molecule has 6 nitrogen and oxygen atoms in total. The van der Waals surface area contributed by atoms with Gasteiger partial charge in [0, 0.05) is 38.8 Å². The third-order valence-electron chi connectivity index (χ3n) is 8.99. The smallest absolute Gasteiger partial charge is 0.497 e. The number of nitrogens with zero attached hydrogens (tertiary/aromatic N) is 3. The van der Waals surface area contributed by atoms with E-state index >= 15 is 17.5 Å². The van der Waals surface area contributed by atoms with Crippen molar-refractivity contribution in [2.24, 2.45) is 4.99 Å². The van der Waals surface area contributed by atoms with Gasteiger partial charge in [-0.1, -0.05) is 36.4 Å². The van der Waals surface area contributed by atoms with E-state index in [1.807, 2.05) is 30.3 Å². The molecule has 0 saturated heterocycles. The highest BCUT2D eigenvalue weighted by molar-refractivity contribution is 6.49. The zero-order valence-corrected chi connectivity index (χ0v) is 26.0.